The van der Waals surface area contributed by atoms with Gasteiger partial charge in [-0.15, -0.1) is 0 Å². The molecule has 0 aliphatic carbocycles. The molecule has 2 aromatic carbocycles. The number of carbonyl (C=O) groups excluding carboxylic acids is 1. The number of para-hydroxylation sites is 1. The van der Waals surface area contributed by atoms with E-state index in [2.05, 4.69) is 5.10 Å². The lowest BCUT2D eigenvalue weighted by Crippen LogP contribution is -2.40. The first-order valence-corrected chi connectivity index (χ1v) is 9.45. The Morgan fingerprint density at radius 1 is 1.10 bits per heavy atom. The Hall–Kier alpha value is -3.61. The van der Waals surface area contributed by atoms with Crippen LogP contribution in [0.15, 0.2) is 65.5 Å². The van der Waals surface area contributed by atoms with Crippen molar-refractivity contribution in [3.63, 3.8) is 0 Å². The molecule has 3 aromatic rings. The standard InChI is InChI=1S/C22H21N3O4/c1-3-24(17-7-5-4-6-8-17)22(27)15(2)25-21(26)12-10-18(23-25)16-9-11-19-20(13-16)29-14-28-19/h4-13,15H,3,14H2,1-2H3. The summed E-state index contributed by atoms with van der Waals surface area (Å²) in [4.78, 5) is 27.2. The maximum atomic E-state index is 13.1. The lowest BCUT2D eigenvalue weighted by molar-refractivity contribution is -0.121. The fourth-order valence-electron chi connectivity index (χ4n) is 3.32. The van der Waals surface area contributed by atoms with Gasteiger partial charge in [0.1, 0.15) is 6.04 Å². The largest absolute Gasteiger partial charge is 0.454 e. The normalized spacial score (nSPS) is 13.2. The zero-order chi connectivity index (χ0) is 20.4. The van der Waals surface area contributed by atoms with Crippen LogP contribution in [-0.2, 0) is 4.79 Å². The number of aromatic nitrogens is 2. The first-order chi connectivity index (χ1) is 14.1. The molecule has 1 unspecified atom stereocenters. The molecule has 0 bridgehead atoms. The second-order valence-electron chi connectivity index (χ2n) is 6.66. The molecular weight excluding hydrogens is 370 g/mol. The van der Waals surface area contributed by atoms with E-state index in [1.54, 1.807) is 24.0 Å². The fraction of sp³-hybridized carbons (Fsp3) is 0.227. The van der Waals surface area contributed by atoms with Gasteiger partial charge in [0.25, 0.3) is 11.5 Å². The van der Waals surface area contributed by atoms with Crippen LogP contribution in [-0.4, -0.2) is 29.0 Å². The van der Waals surface area contributed by atoms with Crippen LogP contribution in [0.3, 0.4) is 0 Å². The molecule has 0 saturated heterocycles. The van der Waals surface area contributed by atoms with Crippen LogP contribution >= 0.6 is 0 Å². The molecule has 1 aromatic heterocycles. The molecule has 0 N–H and O–H groups in total. The van der Waals surface area contributed by atoms with Gasteiger partial charge in [0.05, 0.1) is 5.69 Å². The van der Waals surface area contributed by atoms with Crippen molar-refractivity contribution in [1.82, 2.24) is 9.78 Å². The lowest BCUT2D eigenvalue weighted by Gasteiger charge is -2.25. The van der Waals surface area contributed by atoms with Gasteiger partial charge in [-0.3, -0.25) is 9.59 Å². The first-order valence-electron chi connectivity index (χ1n) is 9.45. The molecule has 0 saturated carbocycles. The third kappa shape index (κ3) is 3.59. The van der Waals surface area contributed by atoms with Gasteiger partial charge in [0.15, 0.2) is 11.5 Å². The number of ether oxygens (including phenoxy) is 2. The van der Waals surface area contributed by atoms with E-state index in [0.717, 1.165) is 11.3 Å². The summed E-state index contributed by atoms with van der Waals surface area (Å²) in [6.45, 7) is 4.26. The van der Waals surface area contributed by atoms with Gasteiger partial charge in [-0.1, -0.05) is 18.2 Å². The van der Waals surface area contributed by atoms with Crippen molar-refractivity contribution < 1.29 is 14.3 Å². The molecule has 1 amide bonds. The van der Waals surface area contributed by atoms with Gasteiger partial charge >= 0.3 is 0 Å². The molecular formula is C22H21N3O4. The number of nitrogens with zero attached hydrogens (tertiary/aromatic N) is 3. The summed E-state index contributed by atoms with van der Waals surface area (Å²) in [5.74, 6) is 1.11. The smallest absolute Gasteiger partial charge is 0.267 e. The first kappa shape index (κ1) is 18.7. The Morgan fingerprint density at radius 3 is 2.62 bits per heavy atom. The van der Waals surface area contributed by atoms with Crippen LogP contribution in [0.2, 0.25) is 0 Å². The molecule has 0 fully saturated rings. The highest BCUT2D eigenvalue weighted by molar-refractivity contribution is 5.95. The molecule has 4 rings (SSSR count). The van der Waals surface area contributed by atoms with E-state index in [9.17, 15) is 9.59 Å². The third-order valence-corrected chi connectivity index (χ3v) is 4.87. The molecule has 7 heteroatoms. The number of hydrogen-bond acceptors (Lipinski definition) is 5. The molecule has 1 atom stereocenters. The topological polar surface area (TPSA) is 73.7 Å². The van der Waals surface area contributed by atoms with Crippen molar-refractivity contribution in [2.24, 2.45) is 0 Å². The lowest BCUT2D eigenvalue weighted by atomic mass is 10.1. The van der Waals surface area contributed by atoms with Crippen LogP contribution < -0.4 is 19.9 Å². The van der Waals surface area contributed by atoms with E-state index in [1.807, 2.05) is 49.4 Å². The average Bonchev–Trinajstić information content (AvgIpc) is 3.23. The summed E-state index contributed by atoms with van der Waals surface area (Å²) >= 11 is 0. The Balaban J connectivity index is 1.66. The van der Waals surface area contributed by atoms with Crippen LogP contribution in [0.5, 0.6) is 11.5 Å². The van der Waals surface area contributed by atoms with Gasteiger partial charge in [0, 0.05) is 23.9 Å². The number of anilines is 1. The van der Waals surface area contributed by atoms with E-state index < -0.39 is 6.04 Å². The van der Waals surface area contributed by atoms with E-state index in [0.29, 0.717) is 23.7 Å². The number of amides is 1. The number of rotatable bonds is 5. The molecule has 1 aliphatic rings. The van der Waals surface area contributed by atoms with Crippen molar-refractivity contribution in [3.05, 3.63) is 71.0 Å². The minimum absolute atomic E-state index is 0.184. The van der Waals surface area contributed by atoms with Crippen LogP contribution in [0.4, 0.5) is 5.69 Å². The maximum Gasteiger partial charge on any atom is 0.267 e. The predicted molar refractivity (Wildman–Crippen MR) is 109 cm³/mol. The Bertz CT molecular complexity index is 1090. The van der Waals surface area contributed by atoms with Gasteiger partial charge < -0.3 is 14.4 Å². The minimum Gasteiger partial charge on any atom is -0.454 e. The Kier molecular flexibility index (Phi) is 5.03. The number of carbonyl (C=O) groups is 1. The zero-order valence-corrected chi connectivity index (χ0v) is 16.2. The molecule has 2 heterocycles. The second kappa shape index (κ2) is 7.79. The summed E-state index contributed by atoms with van der Waals surface area (Å²) in [6.07, 6.45) is 0. The van der Waals surface area contributed by atoms with Gasteiger partial charge in [-0.05, 0) is 50.2 Å². The highest BCUT2D eigenvalue weighted by Crippen LogP contribution is 2.35. The summed E-state index contributed by atoms with van der Waals surface area (Å²) in [5.41, 5.74) is 1.80. The summed E-state index contributed by atoms with van der Waals surface area (Å²) in [5, 5.41) is 4.46. The number of hydrogen-bond donors (Lipinski definition) is 0. The van der Waals surface area contributed by atoms with Crippen molar-refractivity contribution in [2.75, 3.05) is 18.2 Å². The van der Waals surface area contributed by atoms with E-state index in [4.69, 9.17) is 9.47 Å². The number of likely N-dealkylation sites (N-methyl/N-ethyl adjacent to an activating group) is 1. The van der Waals surface area contributed by atoms with Crippen molar-refractivity contribution in [1.29, 1.82) is 0 Å². The van der Waals surface area contributed by atoms with Crippen molar-refractivity contribution in [3.8, 4) is 22.8 Å². The van der Waals surface area contributed by atoms with Crippen molar-refractivity contribution >= 4 is 11.6 Å². The van der Waals surface area contributed by atoms with Crippen LogP contribution in [0.25, 0.3) is 11.3 Å². The predicted octanol–water partition coefficient (Wildman–Crippen LogP) is 3.25. The van der Waals surface area contributed by atoms with Crippen molar-refractivity contribution in [2.45, 2.75) is 19.9 Å². The molecule has 148 valence electrons. The summed E-state index contributed by atoms with van der Waals surface area (Å²) in [6, 6.07) is 17.2. The minimum atomic E-state index is -0.753. The Morgan fingerprint density at radius 2 is 1.86 bits per heavy atom. The molecule has 1 aliphatic heterocycles. The quantitative estimate of drug-likeness (QED) is 0.668. The maximum absolute atomic E-state index is 13.1. The monoisotopic (exact) mass is 391 g/mol. The molecule has 0 spiro atoms. The summed E-state index contributed by atoms with van der Waals surface area (Å²) in [7, 11) is 0. The van der Waals surface area contributed by atoms with Gasteiger partial charge in [-0.25, -0.2) is 4.68 Å². The zero-order valence-electron chi connectivity index (χ0n) is 16.2. The molecule has 29 heavy (non-hydrogen) atoms. The van der Waals surface area contributed by atoms with Gasteiger partial charge in [-0.2, -0.15) is 5.10 Å². The fourth-order valence-corrected chi connectivity index (χ4v) is 3.32. The Labute approximate surface area is 168 Å². The van der Waals surface area contributed by atoms with Gasteiger partial charge in [0.2, 0.25) is 6.79 Å². The van der Waals surface area contributed by atoms with E-state index in [-0.39, 0.29) is 18.3 Å². The average molecular weight is 391 g/mol. The number of fused-ring (bicyclic) bond motifs is 1. The van der Waals surface area contributed by atoms with E-state index >= 15 is 0 Å². The highest BCUT2D eigenvalue weighted by atomic mass is 16.7. The second-order valence-corrected chi connectivity index (χ2v) is 6.66. The molecule has 0 radical (unpaired) electrons. The summed E-state index contributed by atoms with van der Waals surface area (Å²) < 4.78 is 12.0. The third-order valence-electron chi connectivity index (χ3n) is 4.87. The van der Waals surface area contributed by atoms with Crippen LogP contribution in [0, 0.1) is 0 Å². The SMILES string of the molecule is CCN(C(=O)C(C)n1nc(-c2ccc3c(c2)OCO3)ccc1=O)c1ccccc1. The molecule has 7 nitrogen and oxygen atoms in total. The van der Waals surface area contributed by atoms with E-state index in [1.165, 1.54) is 10.7 Å². The number of benzene rings is 2. The highest BCUT2D eigenvalue weighted by Gasteiger charge is 2.24. The van der Waals surface area contributed by atoms with Crippen LogP contribution in [0.1, 0.15) is 19.9 Å².